The summed E-state index contributed by atoms with van der Waals surface area (Å²) in [5.74, 6) is -5.25. The van der Waals surface area contributed by atoms with Gasteiger partial charge < -0.3 is 68.7 Å². The van der Waals surface area contributed by atoms with E-state index in [9.17, 15) is 48.3 Å². The Balaban J connectivity index is 0.000000657. The van der Waals surface area contributed by atoms with Crippen LogP contribution in [0.1, 0.15) is 218 Å². The van der Waals surface area contributed by atoms with Gasteiger partial charge >= 0.3 is 22.3 Å². The third kappa shape index (κ3) is 25.3. The van der Waals surface area contributed by atoms with Crippen LogP contribution >= 0.6 is 0 Å². The summed E-state index contributed by atoms with van der Waals surface area (Å²) < 4.78 is 76.6. The fraction of sp³-hybridized carbons (Fsp3) is 0.859. The van der Waals surface area contributed by atoms with Crippen LogP contribution in [0.4, 0.5) is 0 Å². The number of nitrogens with zero attached hydrogens (tertiary/aromatic N) is 1. The maximum atomic E-state index is 14.2. The Morgan fingerprint density at radius 3 is 1.85 bits per heavy atom. The van der Waals surface area contributed by atoms with E-state index in [-0.39, 0.29) is 55.9 Å². The molecule has 3 saturated heterocycles. The standard InChI is InChI=1S/C40H71NO14.C12H26O4S.C12H18O2/c1-15-27-40(11,48)33(44)22(5)30(43)20(3)18-38(9,47)35(55-37-32(53-28(42)16-2)26(41(12)13)17-21(4)50-37)23(6)31(24(7)36(46)52-27)54-29-19-39(10,49-14)34(45)25(8)51-29;1-2-3-4-5-6-7-8-9-10-11-12-16-17(13,14)15;1-2-3-4-5-6-10-7-8-11(13)9-12(10)14/h20-27,29,31-35,37,44-45,47-48H,15-19H2,1-14H3;2-12H2,1H3,(H,13,14,15);7-9,13-14H,2-6H2,1H3. The second-order valence-electron chi connectivity index (χ2n) is 25.3. The molecule has 0 saturated carbocycles. The van der Waals surface area contributed by atoms with Gasteiger partial charge in [-0.2, -0.15) is 8.42 Å². The summed E-state index contributed by atoms with van der Waals surface area (Å²) in [5.41, 5.74) is -3.99. The number of phenolic OH excluding ortho intramolecular Hbond substituents is 2. The van der Waals surface area contributed by atoms with Crippen LogP contribution < -0.4 is 0 Å². The number of aliphatic hydroxyl groups excluding tert-OH is 2. The van der Waals surface area contributed by atoms with E-state index in [0.29, 0.717) is 12.8 Å². The molecule has 21 nitrogen and oxygen atoms in total. The van der Waals surface area contributed by atoms with E-state index < -0.39 is 124 Å². The molecule has 7 N–H and O–H groups in total. The van der Waals surface area contributed by atoms with Crippen molar-refractivity contribution >= 4 is 28.1 Å². The lowest BCUT2D eigenvalue weighted by Crippen LogP contribution is -2.61. The number of cyclic esters (lactones) is 1. The van der Waals surface area contributed by atoms with Crippen LogP contribution in [0.15, 0.2) is 18.2 Å². The number of ether oxygens (including phenoxy) is 7. The summed E-state index contributed by atoms with van der Waals surface area (Å²) in [6.07, 6.45) is 7.85. The molecule has 3 heterocycles. The highest BCUT2D eigenvalue weighted by Crippen LogP contribution is 2.41. The van der Waals surface area contributed by atoms with Crippen molar-refractivity contribution in [2.24, 2.45) is 23.7 Å². The predicted octanol–water partition coefficient (Wildman–Crippen LogP) is 9.69. The maximum absolute atomic E-state index is 14.2. The highest BCUT2D eigenvalue weighted by molar-refractivity contribution is 7.80. The molecular formula is C64H115NO20S. The van der Waals surface area contributed by atoms with Crippen LogP contribution in [0.2, 0.25) is 0 Å². The van der Waals surface area contributed by atoms with Gasteiger partial charge in [0, 0.05) is 43.8 Å². The number of Topliss-reactive ketones (excluding diaryl/α,β-unsaturated/α-hetero) is 1. The number of unbranched alkanes of at least 4 members (excludes halogenated alkanes) is 12. The van der Waals surface area contributed by atoms with Gasteiger partial charge in [-0.25, -0.2) is 4.18 Å². The molecule has 18 atom stereocenters. The summed E-state index contributed by atoms with van der Waals surface area (Å²) >= 11 is 0. The Labute approximate surface area is 515 Å². The number of carbonyl (C=O) groups excluding carboxylic acids is 3. The van der Waals surface area contributed by atoms with Gasteiger partial charge in [-0.3, -0.25) is 18.9 Å². The molecule has 1 aromatic carbocycles. The Morgan fingerprint density at radius 2 is 1.33 bits per heavy atom. The van der Waals surface area contributed by atoms with Gasteiger partial charge in [-0.1, -0.05) is 132 Å². The predicted molar refractivity (Wildman–Crippen MR) is 327 cm³/mol. The first-order chi connectivity index (χ1) is 40.2. The number of aryl methyl sites for hydroxylation is 1. The summed E-state index contributed by atoms with van der Waals surface area (Å²) in [4.78, 5) is 42.9. The van der Waals surface area contributed by atoms with Crippen LogP contribution in [0.5, 0.6) is 11.5 Å². The molecule has 502 valence electrons. The minimum Gasteiger partial charge on any atom is -0.508 e. The minimum absolute atomic E-state index is 0.0760. The fourth-order valence-corrected chi connectivity index (χ4v) is 12.3. The van der Waals surface area contributed by atoms with E-state index in [1.807, 2.05) is 25.9 Å². The van der Waals surface area contributed by atoms with E-state index in [1.54, 1.807) is 60.6 Å². The van der Waals surface area contributed by atoms with Crippen molar-refractivity contribution in [1.29, 1.82) is 0 Å². The van der Waals surface area contributed by atoms with Gasteiger partial charge in [-0.15, -0.1) is 0 Å². The molecule has 86 heavy (non-hydrogen) atoms. The zero-order valence-corrected chi connectivity index (χ0v) is 55.9. The molecule has 0 spiro atoms. The van der Waals surface area contributed by atoms with Crippen molar-refractivity contribution in [3.05, 3.63) is 23.8 Å². The lowest BCUT2D eigenvalue weighted by Gasteiger charge is -2.49. The normalized spacial score (nSPS) is 34.0. The first-order valence-electron chi connectivity index (χ1n) is 31.9. The van der Waals surface area contributed by atoms with Crippen LogP contribution in [0, 0.1) is 23.7 Å². The van der Waals surface area contributed by atoms with Crippen molar-refractivity contribution < 1.29 is 95.3 Å². The first kappa shape index (κ1) is 79.0. The van der Waals surface area contributed by atoms with E-state index in [2.05, 4.69) is 18.0 Å². The minimum atomic E-state index is -4.23. The number of hydrogen-bond acceptors (Lipinski definition) is 20. The van der Waals surface area contributed by atoms with Gasteiger partial charge in [0.2, 0.25) is 0 Å². The average molecular weight is 1250 g/mol. The molecule has 4 rings (SSSR count). The van der Waals surface area contributed by atoms with Crippen molar-refractivity contribution in [2.45, 2.75) is 303 Å². The Morgan fingerprint density at radius 1 is 0.756 bits per heavy atom. The number of ketones is 1. The highest BCUT2D eigenvalue weighted by Gasteiger charge is 2.54. The molecule has 0 bridgehead atoms. The fourth-order valence-electron chi connectivity index (χ4n) is 12.0. The Bertz CT molecular complexity index is 2230. The SMILES string of the molecule is CCC(=O)OC1C(OC2C(C)C(OC3CC(C)(OC)C(O)C(C)O3)C(C)C(=O)OC(CC)C(C)(O)C(O)C(C)C(=O)C(C)CC2(C)O)OC(C)CC1N(C)C.CCCCCCCCCCCCOS(=O)(=O)O.CCCCCCc1ccc(O)cc1O. The van der Waals surface area contributed by atoms with Gasteiger partial charge in [0.25, 0.3) is 0 Å². The van der Waals surface area contributed by atoms with E-state index in [4.69, 9.17) is 42.8 Å². The van der Waals surface area contributed by atoms with Crippen LogP contribution in [-0.2, 0) is 68.5 Å². The second-order valence-corrected chi connectivity index (χ2v) is 26.4. The molecule has 3 aliphatic rings. The van der Waals surface area contributed by atoms with Gasteiger partial charge in [0.05, 0.1) is 60.3 Å². The number of methoxy groups -OCH3 is 1. The maximum Gasteiger partial charge on any atom is 0.397 e. The van der Waals surface area contributed by atoms with Crippen LogP contribution in [0.25, 0.3) is 0 Å². The topological polar surface area (TPSA) is 304 Å². The molecule has 1 aromatic rings. The molecule has 0 radical (unpaired) electrons. The lowest BCUT2D eigenvalue weighted by atomic mass is 9.74. The molecule has 3 fully saturated rings. The summed E-state index contributed by atoms with van der Waals surface area (Å²) in [6, 6.07) is 4.49. The lowest BCUT2D eigenvalue weighted by molar-refractivity contribution is -0.319. The van der Waals surface area contributed by atoms with E-state index in [1.165, 1.54) is 98.2 Å². The number of esters is 2. The number of carbonyl (C=O) groups is 3. The third-order valence-corrected chi connectivity index (χ3v) is 17.9. The molecule has 22 heteroatoms. The summed E-state index contributed by atoms with van der Waals surface area (Å²) in [7, 11) is 0.973. The number of phenols is 2. The number of aliphatic hydroxyl groups is 4. The van der Waals surface area contributed by atoms with Gasteiger partial charge in [0.1, 0.15) is 35.1 Å². The molecule has 18 unspecified atom stereocenters. The number of likely N-dealkylation sites (N-methyl/N-ethyl adjacent to an activating group) is 1. The second kappa shape index (κ2) is 37.9. The molecule has 0 aromatic heterocycles. The zero-order valence-electron chi connectivity index (χ0n) is 55.0. The van der Waals surface area contributed by atoms with Crippen LogP contribution in [-0.4, -0.2) is 178 Å². The Hall–Kier alpha value is -3.10. The number of aromatic hydroxyl groups is 2. The first-order valence-corrected chi connectivity index (χ1v) is 33.2. The van der Waals surface area contributed by atoms with E-state index in [0.717, 1.165) is 31.2 Å². The van der Waals surface area contributed by atoms with E-state index >= 15 is 0 Å². The number of hydrogen-bond donors (Lipinski definition) is 7. The number of benzene rings is 1. The van der Waals surface area contributed by atoms with Crippen molar-refractivity contribution in [3.8, 4) is 11.5 Å². The zero-order chi connectivity index (χ0) is 65.3. The van der Waals surface area contributed by atoms with Crippen molar-refractivity contribution in [2.75, 3.05) is 27.8 Å². The highest BCUT2D eigenvalue weighted by atomic mass is 32.3. The molecule has 3 aliphatic heterocycles. The van der Waals surface area contributed by atoms with Gasteiger partial charge in [-0.05, 0) is 106 Å². The smallest absolute Gasteiger partial charge is 0.397 e. The van der Waals surface area contributed by atoms with Gasteiger partial charge in [0.15, 0.2) is 18.7 Å². The Kier molecular flexibility index (Phi) is 34.8. The largest absolute Gasteiger partial charge is 0.508 e. The monoisotopic (exact) mass is 1250 g/mol. The average Bonchev–Trinajstić information content (AvgIpc) is 2.76. The van der Waals surface area contributed by atoms with Crippen LogP contribution in [0.3, 0.4) is 0 Å². The quantitative estimate of drug-likeness (QED) is 0.0258. The number of rotatable bonds is 26. The molecule has 0 amide bonds. The molecule has 0 aliphatic carbocycles. The van der Waals surface area contributed by atoms with Crippen molar-refractivity contribution in [1.82, 2.24) is 4.90 Å². The summed E-state index contributed by atoms with van der Waals surface area (Å²) in [6.45, 7) is 22.5. The third-order valence-electron chi connectivity index (χ3n) is 17.5. The molecular weight excluding hydrogens is 1130 g/mol. The van der Waals surface area contributed by atoms with Crippen molar-refractivity contribution in [3.63, 3.8) is 0 Å². The summed E-state index contributed by atoms with van der Waals surface area (Å²) in [5, 5.41) is 65.1.